The summed E-state index contributed by atoms with van der Waals surface area (Å²) in [5, 5.41) is 10.9. The molecular formula is C30H39N9O2. The van der Waals surface area contributed by atoms with Crippen LogP contribution >= 0.6 is 0 Å². The van der Waals surface area contributed by atoms with Crippen LogP contribution in [0, 0.1) is 6.92 Å². The summed E-state index contributed by atoms with van der Waals surface area (Å²) in [4.78, 5) is 28.2. The highest BCUT2D eigenvalue weighted by Gasteiger charge is 2.17. The maximum Gasteiger partial charge on any atom is 0.248 e. The minimum absolute atomic E-state index is 0.216. The molecule has 0 spiro atoms. The molecule has 1 aromatic carbocycles. The molecule has 4 rings (SSSR count). The lowest BCUT2D eigenvalue weighted by atomic mass is 10.2. The number of hydrogen-bond acceptors (Lipinski definition) is 9. The fourth-order valence-corrected chi connectivity index (χ4v) is 4.30. The summed E-state index contributed by atoms with van der Waals surface area (Å²) in [5.41, 5.74) is 5.74. The molecule has 4 aromatic rings. The number of ether oxygens (including phenoxy) is 1. The molecule has 41 heavy (non-hydrogen) atoms. The Morgan fingerprint density at radius 3 is 2.59 bits per heavy atom. The van der Waals surface area contributed by atoms with E-state index in [-0.39, 0.29) is 5.91 Å². The molecule has 11 nitrogen and oxygen atoms in total. The number of pyridine rings is 1. The lowest BCUT2D eigenvalue weighted by Gasteiger charge is -2.26. The Labute approximate surface area is 241 Å². The quantitative estimate of drug-likeness (QED) is 0.251. The van der Waals surface area contributed by atoms with Crippen molar-refractivity contribution in [3.8, 4) is 17.0 Å². The zero-order valence-corrected chi connectivity index (χ0v) is 24.8. The second-order valence-electron chi connectivity index (χ2n) is 10.4. The molecular weight excluding hydrogens is 518 g/mol. The Hall–Kier alpha value is -4.48. The number of nitrogens with one attached hydrogen (secondary N) is 2. The van der Waals surface area contributed by atoms with Crippen molar-refractivity contribution in [1.82, 2.24) is 29.4 Å². The largest absolute Gasteiger partial charge is 0.494 e. The Morgan fingerprint density at radius 1 is 1.05 bits per heavy atom. The summed E-state index contributed by atoms with van der Waals surface area (Å²) in [6.07, 6.45) is 6.89. The molecule has 0 fully saturated rings. The van der Waals surface area contributed by atoms with Gasteiger partial charge in [-0.15, -0.1) is 0 Å². The molecule has 3 heterocycles. The third-order valence-corrected chi connectivity index (χ3v) is 6.52. The van der Waals surface area contributed by atoms with E-state index >= 15 is 0 Å². The van der Waals surface area contributed by atoms with Gasteiger partial charge in [-0.25, -0.2) is 14.5 Å². The summed E-state index contributed by atoms with van der Waals surface area (Å²) in [6.45, 7) is 4.28. The van der Waals surface area contributed by atoms with E-state index in [1.165, 1.54) is 0 Å². The SMILES string of the molecule is COc1cc(N(C)CCN(C)C)c(NC(=O)/C=C/CN(C)C)cc1Nc1nccc(-c2cnn3c(C)cccc23)n1. The molecule has 2 N–H and O–H groups in total. The fourth-order valence-electron chi connectivity index (χ4n) is 4.30. The van der Waals surface area contributed by atoms with E-state index in [2.05, 4.69) is 30.5 Å². The molecule has 0 aliphatic carbocycles. The number of amides is 1. The molecule has 1 amide bonds. The lowest BCUT2D eigenvalue weighted by Crippen LogP contribution is -2.29. The Bertz CT molecular complexity index is 1530. The van der Waals surface area contributed by atoms with Gasteiger partial charge in [0.15, 0.2) is 0 Å². The van der Waals surface area contributed by atoms with E-state index in [1.807, 2.05) is 100 Å². The fraction of sp³-hybridized carbons (Fsp3) is 0.333. The van der Waals surface area contributed by atoms with E-state index in [0.29, 0.717) is 29.6 Å². The summed E-state index contributed by atoms with van der Waals surface area (Å²) >= 11 is 0. The van der Waals surface area contributed by atoms with Crippen molar-refractivity contribution in [2.75, 3.05) is 77.5 Å². The second kappa shape index (κ2) is 13.2. The number of anilines is 4. The number of carbonyl (C=O) groups is 1. The Balaban J connectivity index is 1.68. The van der Waals surface area contributed by atoms with Crippen molar-refractivity contribution >= 4 is 34.4 Å². The maximum atomic E-state index is 12.8. The van der Waals surface area contributed by atoms with Crippen LogP contribution in [0.15, 0.2) is 60.9 Å². The first kappa shape index (κ1) is 29.5. The summed E-state index contributed by atoms with van der Waals surface area (Å²) in [5.74, 6) is 0.773. The van der Waals surface area contributed by atoms with Crippen LogP contribution in [-0.4, -0.2) is 97.3 Å². The third kappa shape index (κ3) is 7.38. The number of aromatic nitrogens is 4. The summed E-state index contributed by atoms with van der Waals surface area (Å²) in [7, 11) is 11.6. The predicted molar refractivity (Wildman–Crippen MR) is 165 cm³/mol. The van der Waals surface area contributed by atoms with Crippen molar-refractivity contribution < 1.29 is 9.53 Å². The number of likely N-dealkylation sites (N-methyl/N-ethyl adjacent to an activating group) is 3. The molecule has 0 unspecified atom stereocenters. The van der Waals surface area contributed by atoms with Crippen LogP contribution in [0.25, 0.3) is 16.8 Å². The van der Waals surface area contributed by atoms with Gasteiger partial charge < -0.3 is 30.1 Å². The van der Waals surface area contributed by atoms with Crippen LogP contribution in [0.1, 0.15) is 5.69 Å². The molecule has 216 valence electrons. The van der Waals surface area contributed by atoms with Gasteiger partial charge in [-0.3, -0.25) is 4.79 Å². The van der Waals surface area contributed by atoms with Crippen LogP contribution in [0.2, 0.25) is 0 Å². The Morgan fingerprint density at radius 2 is 1.85 bits per heavy atom. The second-order valence-corrected chi connectivity index (χ2v) is 10.4. The molecule has 0 atom stereocenters. The number of benzene rings is 1. The van der Waals surface area contributed by atoms with E-state index in [9.17, 15) is 4.79 Å². The monoisotopic (exact) mass is 557 g/mol. The van der Waals surface area contributed by atoms with Gasteiger partial charge in [-0.05, 0) is 59.4 Å². The summed E-state index contributed by atoms with van der Waals surface area (Å²) < 4.78 is 7.65. The van der Waals surface area contributed by atoms with Gasteiger partial charge in [0, 0.05) is 56.3 Å². The lowest BCUT2D eigenvalue weighted by molar-refractivity contribution is -0.111. The summed E-state index contributed by atoms with van der Waals surface area (Å²) in [6, 6.07) is 11.7. The van der Waals surface area contributed by atoms with Gasteiger partial charge >= 0.3 is 0 Å². The zero-order chi connectivity index (χ0) is 29.5. The molecule has 0 saturated carbocycles. The highest BCUT2D eigenvalue weighted by molar-refractivity contribution is 6.02. The van der Waals surface area contributed by atoms with Crippen LogP contribution in [0.3, 0.4) is 0 Å². The maximum absolute atomic E-state index is 12.8. The smallest absolute Gasteiger partial charge is 0.248 e. The van der Waals surface area contributed by atoms with Crippen molar-refractivity contribution in [2.24, 2.45) is 0 Å². The highest BCUT2D eigenvalue weighted by Crippen LogP contribution is 2.38. The normalized spacial score (nSPS) is 11.5. The van der Waals surface area contributed by atoms with E-state index in [0.717, 1.165) is 41.2 Å². The first-order valence-electron chi connectivity index (χ1n) is 13.4. The van der Waals surface area contributed by atoms with Crippen LogP contribution in [0.4, 0.5) is 23.0 Å². The van der Waals surface area contributed by atoms with Crippen LogP contribution in [-0.2, 0) is 4.79 Å². The van der Waals surface area contributed by atoms with Gasteiger partial charge in [0.1, 0.15) is 5.75 Å². The molecule has 0 saturated heterocycles. The minimum atomic E-state index is -0.216. The van der Waals surface area contributed by atoms with Gasteiger partial charge in [0.2, 0.25) is 11.9 Å². The minimum Gasteiger partial charge on any atom is -0.494 e. The van der Waals surface area contributed by atoms with Crippen LogP contribution < -0.4 is 20.3 Å². The Kier molecular flexibility index (Phi) is 9.53. The van der Waals surface area contributed by atoms with Crippen LogP contribution in [0.5, 0.6) is 5.75 Å². The zero-order valence-electron chi connectivity index (χ0n) is 24.8. The van der Waals surface area contributed by atoms with E-state index in [1.54, 1.807) is 19.4 Å². The average Bonchev–Trinajstić information content (AvgIpc) is 3.37. The van der Waals surface area contributed by atoms with Gasteiger partial charge in [0.05, 0.1) is 41.6 Å². The van der Waals surface area contributed by atoms with E-state index in [4.69, 9.17) is 9.72 Å². The number of carbonyl (C=O) groups excluding carboxylic acids is 1. The van der Waals surface area contributed by atoms with Gasteiger partial charge in [0.25, 0.3) is 0 Å². The number of rotatable bonds is 12. The highest BCUT2D eigenvalue weighted by atomic mass is 16.5. The van der Waals surface area contributed by atoms with Crippen molar-refractivity contribution in [3.63, 3.8) is 0 Å². The third-order valence-electron chi connectivity index (χ3n) is 6.52. The molecule has 11 heteroatoms. The van der Waals surface area contributed by atoms with Crippen molar-refractivity contribution in [3.05, 3.63) is 66.6 Å². The van der Waals surface area contributed by atoms with Gasteiger partial charge in [-0.2, -0.15) is 5.10 Å². The number of fused-ring (bicyclic) bond motifs is 1. The number of aryl methyl sites for hydroxylation is 1. The molecule has 0 radical (unpaired) electrons. The molecule has 0 aliphatic heterocycles. The number of methoxy groups -OCH3 is 1. The standard InChI is InChI=1S/C30H39N9O2/c1-21-10-8-11-26-22(20-32-39(21)26)23-13-14-31-30(34-23)35-25-18-24(33-29(40)12-9-15-36(2)3)27(19-28(25)41-7)38(6)17-16-37(4)5/h8-14,18-20H,15-17H2,1-7H3,(H,33,40)(H,31,34,35)/b12-9+. The predicted octanol–water partition coefficient (Wildman–Crippen LogP) is 3.91. The van der Waals surface area contributed by atoms with Crippen molar-refractivity contribution in [2.45, 2.75) is 6.92 Å². The van der Waals surface area contributed by atoms with Gasteiger partial charge in [-0.1, -0.05) is 12.1 Å². The first-order chi connectivity index (χ1) is 19.7. The first-order valence-corrected chi connectivity index (χ1v) is 13.4. The molecule has 0 bridgehead atoms. The molecule has 3 aromatic heterocycles. The van der Waals surface area contributed by atoms with E-state index < -0.39 is 0 Å². The van der Waals surface area contributed by atoms with Crippen molar-refractivity contribution in [1.29, 1.82) is 0 Å². The number of hydrogen-bond donors (Lipinski definition) is 2. The molecule has 0 aliphatic rings. The number of nitrogens with zero attached hydrogens (tertiary/aromatic N) is 7. The average molecular weight is 558 g/mol. The topological polar surface area (TPSA) is 103 Å².